The van der Waals surface area contributed by atoms with Gasteiger partial charge in [-0.25, -0.2) is 0 Å². The molecule has 1 saturated heterocycles. The maximum absolute atomic E-state index is 10.7. The molecule has 1 aromatic carbocycles. The Morgan fingerprint density at radius 2 is 1.43 bits per heavy atom. The summed E-state index contributed by atoms with van der Waals surface area (Å²) in [7, 11) is 0. The van der Waals surface area contributed by atoms with Crippen molar-refractivity contribution in [2.45, 2.75) is 150 Å². The van der Waals surface area contributed by atoms with Crippen molar-refractivity contribution < 1.29 is 20.1 Å². The second kappa shape index (κ2) is 16.1. The number of rotatable bonds is 10. The van der Waals surface area contributed by atoms with Crippen LogP contribution in [0.3, 0.4) is 0 Å². The van der Waals surface area contributed by atoms with Crippen LogP contribution in [0.1, 0.15) is 143 Å². The number of aryl methyl sites for hydroxylation is 1. The molecule has 1 aliphatic heterocycles. The highest BCUT2D eigenvalue weighted by Crippen LogP contribution is 2.51. The molecule has 3 N–H and O–H groups in total. The van der Waals surface area contributed by atoms with E-state index in [2.05, 4.69) is 73.6 Å². The Morgan fingerprint density at radius 1 is 0.826 bits per heavy atom. The second-order valence-electron chi connectivity index (χ2n) is 15.7. The standard InChI is InChI=1S/2C21H32O2/c1-5-6-7-8-15-12-18(22)20-16-11-14(2)9-10-17(16)21(3,4)23-19(20)13-15;1-5-6-7-8-16-12-19(22)21(20(23)13-16)18-11-15(4)9-10-17(18)14(2)3/h11-13,16-17,19-20,22H,5-10H2,1-4H3;11-14,17-18,22-23H,5-10H2,1-4H3. The Kier molecular flexibility index (Phi) is 12.7. The lowest BCUT2D eigenvalue weighted by molar-refractivity contribution is -0.170. The summed E-state index contributed by atoms with van der Waals surface area (Å²) in [6.45, 7) is 17.7. The van der Waals surface area contributed by atoms with Crippen molar-refractivity contribution in [1.29, 1.82) is 0 Å². The predicted octanol–water partition coefficient (Wildman–Crippen LogP) is 11.6. The molecule has 1 heterocycles. The largest absolute Gasteiger partial charge is 0.512 e. The molecule has 6 atom stereocenters. The smallest absolute Gasteiger partial charge is 0.123 e. The maximum atomic E-state index is 10.7. The zero-order chi connectivity index (χ0) is 33.6. The van der Waals surface area contributed by atoms with Gasteiger partial charge >= 0.3 is 0 Å². The molecule has 5 rings (SSSR count). The second-order valence-corrected chi connectivity index (χ2v) is 15.7. The molecule has 6 unspecified atom stereocenters. The van der Waals surface area contributed by atoms with E-state index in [0.717, 1.165) is 49.7 Å². The van der Waals surface area contributed by atoms with Gasteiger partial charge < -0.3 is 20.1 Å². The van der Waals surface area contributed by atoms with E-state index < -0.39 is 0 Å². The summed E-state index contributed by atoms with van der Waals surface area (Å²) in [5, 5.41) is 31.9. The molecule has 0 bridgehead atoms. The van der Waals surface area contributed by atoms with Gasteiger partial charge in [0.2, 0.25) is 0 Å². The molecule has 46 heavy (non-hydrogen) atoms. The summed E-state index contributed by atoms with van der Waals surface area (Å²) >= 11 is 0. The molecule has 0 aromatic heterocycles. The minimum absolute atomic E-state index is 0.0232. The number of hydrogen-bond acceptors (Lipinski definition) is 4. The molecule has 4 heteroatoms. The highest BCUT2D eigenvalue weighted by atomic mass is 16.5. The Morgan fingerprint density at radius 3 is 2.07 bits per heavy atom. The van der Waals surface area contributed by atoms with Crippen LogP contribution < -0.4 is 0 Å². The van der Waals surface area contributed by atoms with Gasteiger partial charge in [-0.2, -0.15) is 0 Å². The fourth-order valence-corrected chi connectivity index (χ4v) is 8.66. The van der Waals surface area contributed by atoms with E-state index in [1.165, 1.54) is 55.2 Å². The molecule has 0 spiro atoms. The first-order chi connectivity index (χ1) is 21.9. The Bertz CT molecular complexity index is 1270. The van der Waals surface area contributed by atoms with Gasteiger partial charge in [-0.1, -0.05) is 82.8 Å². The summed E-state index contributed by atoms with van der Waals surface area (Å²) in [6, 6.07) is 3.72. The summed E-state index contributed by atoms with van der Waals surface area (Å²) < 4.78 is 6.48. The number of fused-ring (bicyclic) bond motifs is 3. The molecular formula is C42H64O4. The number of hydrogen-bond donors (Lipinski definition) is 3. The minimum Gasteiger partial charge on any atom is -0.512 e. The number of phenolic OH excluding ortho intramolecular Hbond substituents is 2. The fourth-order valence-electron chi connectivity index (χ4n) is 8.66. The van der Waals surface area contributed by atoms with Gasteiger partial charge in [-0.15, -0.1) is 0 Å². The quantitative estimate of drug-likeness (QED) is 0.177. The summed E-state index contributed by atoms with van der Waals surface area (Å²) in [4.78, 5) is 0. The van der Waals surface area contributed by atoms with E-state index in [4.69, 9.17) is 4.74 Å². The monoisotopic (exact) mass is 632 g/mol. The molecule has 256 valence electrons. The number of unbranched alkanes of at least 4 members (excludes halogenated alkanes) is 4. The third-order valence-corrected chi connectivity index (χ3v) is 11.3. The van der Waals surface area contributed by atoms with Crippen LogP contribution in [0.2, 0.25) is 0 Å². The number of benzene rings is 1. The number of aromatic hydroxyl groups is 2. The van der Waals surface area contributed by atoms with E-state index >= 15 is 0 Å². The Hall–Kier alpha value is -2.46. The molecular weight excluding hydrogens is 568 g/mol. The van der Waals surface area contributed by atoms with E-state index in [9.17, 15) is 15.3 Å². The Balaban J connectivity index is 0.000000209. The first-order valence-electron chi connectivity index (χ1n) is 18.5. The average Bonchev–Trinajstić information content (AvgIpc) is 2.96. The van der Waals surface area contributed by atoms with Crippen molar-refractivity contribution in [2.24, 2.45) is 29.6 Å². The van der Waals surface area contributed by atoms with E-state index in [1.807, 2.05) is 18.2 Å². The van der Waals surface area contributed by atoms with Gasteiger partial charge in [-0.3, -0.25) is 0 Å². The van der Waals surface area contributed by atoms with E-state index in [-0.39, 0.29) is 35.0 Å². The van der Waals surface area contributed by atoms with Crippen LogP contribution in [0.5, 0.6) is 11.5 Å². The van der Waals surface area contributed by atoms with Gasteiger partial charge in [0.1, 0.15) is 11.5 Å². The van der Waals surface area contributed by atoms with Crippen LogP contribution >= 0.6 is 0 Å². The first-order valence-corrected chi connectivity index (χ1v) is 18.5. The average molecular weight is 633 g/mol. The van der Waals surface area contributed by atoms with Gasteiger partial charge in [-0.05, 0) is 132 Å². The molecule has 0 saturated carbocycles. The molecule has 1 aromatic rings. The number of aliphatic hydroxyl groups is 1. The van der Waals surface area contributed by atoms with Crippen LogP contribution in [0.25, 0.3) is 0 Å². The predicted molar refractivity (Wildman–Crippen MR) is 192 cm³/mol. The molecule has 0 radical (unpaired) electrons. The van der Waals surface area contributed by atoms with Crippen LogP contribution in [-0.2, 0) is 11.2 Å². The van der Waals surface area contributed by atoms with Crippen molar-refractivity contribution in [2.75, 3.05) is 0 Å². The fraction of sp³-hybridized carbons (Fsp3) is 0.667. The SMILES string of the molecule is CCCCCC1=CC2OC(C)(C)C3CCC(C)=CC3C2C(O)=C1.CCCCCc1cc(O)c(C2C=C(C)CCC2C(C)C)c(O)c1. The number of phenols is 2. The molecule has 1 fully saturated rings. The lowest BCUT2D eigenvalue weighted by Gasteiger charge is -2.52. The zero-order valence-corrected chi connectivity index (χ0v) is 30.2. The highest BCUT2D eigenvalue weighted by Gasteiger charge is 2.51. The van der Waals surface area contributed by atoms with E-state index in [0.29, 0.717) is 29.4 Å². The van der Waals surface area contributed by atoms with Crippen LogP contribution in [0.15, 0.2) is 58.9 Å². The zero-order valence-electron chi connectivity index (χ0n) is 30.2. The van der Waals surface area contributed by atoms with Gasteiger partial charge in [0.05, 0.1) is 23.4 Å². The number of aliphatic hydroxyl groups excluding tert-OH is 1. The lowest BCUT2D eigenvalue weighted by Crippen LogP contribution is -2.54. The van der Waals surface area contributed by atoms with Crippen molar-refractivity contribution in [3.8, 4) is 11.5 Å². The normalized spacial score (nSPS) is 28.5. The topological polar surface area (TPSA) is 69.9 Å². The third-order valence-electron chi connectivity index (χ3n) is 11.3. The Labute approximate surface area is 280 Å². The lowest BCUT2D eigenvalue weighted by atomic mass is 9.63. The molecule has 4 nitrogen and oxygen atoms in total. The molecule has 4 aliphatic rings. The van der Waals surface area contributed by atoms with E-state index in [1.54, 1.807) is 0 Å². The van der Waals surface area contributed by atoms with Crippen LogP contribution in [0, 0.1) is 29.6 Å². The van der Waals surface area contributed by atoms with Gasteiger partial charge in [0.15, 0.2) is 0 Å². The summed E-state index contributed by atoms with van der Waals surface area (Å²) in [5.41, 5.74) is 5.72. The molecule has 0 amide bonds. The summed E-state index contributed by atoms with van der Waals surface area (Å²) in [6.07, 6.45) is 22.7. The van der Waals surface area contributed by atoms with Crippen molar-refractivity contribution >= 4 is 0 Å². The number of allylic oxidation sites excluding steroid dienone is 6. The van der Waals surface area contributed by atoms with Crippen molar-refractivity contribution in [1.82, 2.24) is 0 Å². The van der Waals surface area contributed by atoms with Crippen molar-refractivity contribution in [3.63, 3.8) is 0 Å². The van der Waals surface area contributed by atoms with Crippen LogP contribution in [0.4, 0.5) is 0 Å². The van der Waals surface area contributed by atoms with Gasteiger partial charge in [0.25, 0.3) is 0 Å². The first kappa shape index (κ1) is 36.4. The summed E-state index contributed by atoms with van der Waals surface area (Å²) in [5.74, 6) is 3.21. The third kappa shape index (κ3) is 8.71. The number of ether oxygens (including phenoxy) is 1. The molecule has 3 aliphatic carbocycles. The highest BCUT2D eigenvalue weighted by molar-refractivity contribution is 5.51. The van der Waals surface area contributed by atoms with Gasteiger partial charge in [0, 0.05) is 11.5 Å². The maximum Gasteiger partial charge on any atom is 0.123 e. The minimum atomic E-state index is -0.119. The van der Waals surface area contributed by atoms with Crippen LogP contribution in [-0.4, -0.2) is 27.0 Å². The van der Waals surface area contributed by atoms with Crippen molar-refractivity contribution in [3.05, 3.63) is 70.0 Å².